The third-order valence-corrected chi connectivity index (χ3v) is 5.03. The lowest BCUT2D eigenvalue weighted by Gasteiger charge is -2.34. The van der Waals surface area contributed by atoms with Gasteiger partial charge in [0.2, 0.25) is 0 Å². The van der Waals surface area contributed by atoms with Crippen LogP contribution >= 0.6 is 0 Å². The van der Waals surface area contributed by atoms with Gasteiger partial charge in [-0.15, -0.1) is 0 Å². The first-order valence-electron chi connectivity index (χ1n) is 11.1. The van der Waals surface area contributed by atoms with Crippen LogP contribution in [-0.4, -0.2) is 75.2 Å². The van der Waals surface area contributed by atoms with Crippen molar-refractivity contribution in [3.8, 4) is 5.75 Å². The Morgan fingerprint density at radius 2 is 2.03 bits per heavy atom. The molecule has 0 spiro atoms. The first kappa shape index (κ1) is 24.0. The standard InChI is InChI=1S/C23H38N4O3/c1-5-24-23(27-15-7-9-20(18-27)22(28)29-6-2)25-17-19-10-12-21(13-11-19)30-16-8-14-26(3)4/h10-13,20H,5-9,14-18H2,1-4H3,(H,24,25). The lowest BCUT2D eigenvalue weighted by atomic mass is 9.98. The monoisotopic (exact) mass is 418 g/mol. The number of likely N-dealkylation sites (tertiary alicyclic amines) is 1. The van der Waals surface area contributed by atoms with Crippen LogP contribution in [0.2, 0.25) is 0 Å². The zero-order valence-corrected chi connectivity index (χ0v) is 19.0. The molecule has 0 aliphatic carbocycles. The van der Waals surface area contributed by atoms with Crippen LogP contribution in [-0.2, 0) is 16.1 Å². The molecule has 168 valence electrons. The van der Waals surface area contributed by atoms with Gasteiger partial charge in [0.25, 0.3) is 0 Å². The van der Waals surface area contributed by atoms with Crippen LogP contribution in [0.5, 0.6) is 5.75 Å². The van der Waals surface area contributed by atoms with Crippen molar-refractivity contribution in [2.45, 2.75) is 39.7 Å². The van der Waals surface area contributed by atoms with Crippen molar-refractivity contribution in [1.29, 1.82) is 0 Å². The highest BCUT2D eigenvalue weighted by atomic mass is 16.5. The second-order valence-corrected chi connectivity index (χ2v) is 7.86. The van der Waals surface area contributed by atoms with Crippen LogP contribution < -0.4 is 10.1 Å². The van der Waals surface area contributed by atoms with E-state index in [1.54, 1.807) is 0 Å². The molecule has 0 radical (unpaired) electrons. The number of esters is 1. The fraction of sp³-hybridized carbons (Fsp3) is 0.652. The molecular formula is C23H38N4O3. The first-order chi connectivity index (χ1) is 14.5. The van der Waals surface area contributed by atoms with E-state index in [2.05, 4.69) is 48.3 Å². The quantitative estimate of drug-likeness (QED) is 0.273. The zero-order chi connectivity index (χ0) is 21.8. The van der Waals surface area contributed by atoms with Crippen LogP contribution in [0.4, 0.5) is 0 Å². The van der Waals surface area contributed by atoms with Gasteiger partial charge in [-0.25, -0.2) is 4.99 Å². The number of aliphatic imine (C=N–C) groups is 1. The summed E-state index contributed by atoms with van der Waals surface area (Å²) in [4.78, 5) is 21.3. The van der Waals surface area contributed by atoms with Crippen molar-refractivity contribution in [3.05, 3.63) is 29.8 Å². The summed E-state index contributed by atoms with van der Waals surface area (Å²) in [6, 6.07) is 8.13. The van der Waals surface area contributed by atoms with Crippen LogP contribution in [0, 0.1) is 5.92 Å². The molecule has 1 fully saturated rings. The minimum atomic E-state index is -0.0979. The summed E-state index contributed by atoms with van der Waals surface area (Å²) in [5, 5.41) is 3.36. The summed E-state index contributed by atoms with van der Waals surface area (Å²) in [6.45, 7) is 9.02. The fourth-order valence-electron chi connectivity index (χ4n) is 3.48. The first-order valence-corrected chi connectivity index (χ1v) is 11.1. The van der Waals surface area contributed by atoms with E-state index < -0.39 is 0 Å². The minimum absolute atomic E-state index is 0.0773. The highest BCUT2D eigenvalue weighted by Crippen LogP contribution is 2.19. The van der Waals surface area contributed by atoms with Gasteiger partial charge >= 0.3 is 5.97 Å². The number of guanidine groups is 1. The molecule has 1 atom stereocenters. The number of nitrogens with zero attached hydrogens (tertiary/aromatic N) is 3. The van der Waals surface area contributed by atoms with Crippen LogP contribution in [0.1, 0.15) is 38.7 Å². The molecule has 30 heavy (non-hydrogen) atoms. The van der Waals surface area contributed by atoms with Crippen LogP contribution in [0.15, 0.2) is 29.3 Å². The zero-order valence-electron chi connectivity index (χ0n) is 19.0. The van der Waals surface area contributed by atoms with E-state index in [9.17, 15) is 4.79 Å². The molecule has 0 saturated carbocycles. The predicted octanol–water partition coefficient (Wildman–Crippen LogP) is 2.76. The molecule has 0 bridgehead atoms. The topological polar surface area (TPSA) is 66.4 Å². The maximum absolute atomic E-state index is 12.1. The van der Waals surface area contributed by atoms with E-state index >= 15 is 0 Å². The van der Waals surface area contributed by atoms with Gasteiger partial charge in [0.05, 0.1) is 25.7 Å². The van der Waals surface area contributed by atoms with E-state index in [-0.39, 0.29) is 11.9 Å². The van der Waals surface area contributed by atoms with Gasteiger partial charge in [-0.3, -0.25) is 4.79 Å². The predicted molar refractivity (Wildman–Crippen MR) is 121 cm³/mol. The van der Waals surface area contributed by atoms with E-state index in [4.69, 9.17) is 14.5 Å². The normalized spacial score (nSPS) is 17.2. The molecule has 7 heteroatoms. The second-order valence-electron chi connectivity index (χ2n) is 7.86. The van der Waals surface area contributed by atoms with Gasteiger partial charge in [0.15, 0.2) is 5.96 Å². The largest absolute Gasteiger partial charge is 0.494 e. The highest BCUT2D eigenvalue weighted by Gasteiger charge is 2.28. The van der Waals surface area contributed by atoms with Crippen molar-refractivity contribution in [2.75, 3.05) is 53.5 Å². The van der Waals surface area contributed by atoms with Crippen LogP contribution in [0.25, 0.3) is 0 Å². The Morgan fingerprint density at radius 1 is 1.27 bits per heavy atom. The maximum atomic E-state index is 12.1. The maximum Gasteiger partial charge on any atom is 0.310 e. The van der Waals surface area contributed by atoms with Gasteiger partial charge in [0, 0.05) is 26.2 Å². The number of piperidine rings is 1. The van der Waals surface area contributed by atoms with Crippen molar-refractivity contribution >= 4 is 11.9 Å². The van der Waals surface area contributed by atoms with Gasteiger partial charge in [-0.2, -0.15) is 0 Å². The number of hydrogen-bond acceptors (Lipinski definition) is 5. The van der Waals surface area contributed by atoms with Gasteiger partial charge in [-0.1, -0.05) is 12.1 Å². The van der Waals surface area contributed by atoms with Crippen LogP contribution in [0.3, 0.4) is 0 Å². The molecule has 0 amide bonds. The van der Waals surface area contributed by atoms with Crippen molar-refractivity contribution in [3.63, 3.8) is 0 Å². The Labute approximate surface area is 181 Å². The molecule has 0 aromatic heterocycles. The molecule has 1 aromatic carbocycles. The Kier molecular flexibility index (Phi) is 10.5. The van der Waals surface area contributed by atoms with Crippen molar-refractivity contribution < 1.29 is 14.3 Å². The average Bonchev–Trinajstić information content (AvgIpc) is 2.75. The van der Waals surface area contributed by atoms with Gasteiger partial charge < -0.3 is 24.6 Å². The highest BCUT2D eigenvalue weighted by molar-refractivity contribution is 5.81. The molecular weight excluding hydrogens is 380 g/mol. The molecule has 1 saturated heterocycles. The molecule has 1 aliphatic rings. The van der Waals surface area contributed by atoms with Gasteiger partial charge in [0.1, 0.15) is 5.75 Å². The van der Waals surface area contributed by atoms with Crippen molar-refractivity contribution in [2.24, 2.45) is 10.9 Å². The molecule has 2 rings (SSSR count). The van der Waals surface area contributed by atoms with Crippen molar-refractivity contribution in [1.82, 2.24) is 15.1 Å². The number of benzene rings is 1. The van der Waals surface area contributed by atoms with E-state index in [1.807, 2.05) is 19.1 Å². The fourth-order valence-corrected chi connectivity index (χ4v) is 3.48. The summed E-state index contributed by atoms with van der Waals surface area (Å²) >= 11 is 0. The Balaban J connectivity index is 1.91. The smallest absolute Gasteiger partial charge is 0.310 e. The number of carbonyl (C=O) groups is 1. The molecule has 7 nitrogen and oxygen atoms in total. The lowest BCUT2D eigenvalue weighted by Crippen LogP contribution is -2.48. The number of hydrogen-bond donors (Lipinski definition) is 1. The molecule has 1 unspecified atom stereocenters. The molecule has 1 heterocycles. The SMILES string of the molecule is CCNC(=NCc1ccc(OCCCN(C)C)cc1)N1CCCC(C(=O)OCC)C1. The van der Waals surface area contributed by atoms with E-state index in [0.29, 0.717) is 19.7 Å². The van der Waals surface area contributed by atoms with E-state index in [1.165, 1.54) is 0 Å². The lowest BCUT2D eigenvalue weighted by molar-refractivity contribution is -0.149. The second kappa shape index (κ2) is 13.1. The summed E-state index contributed by atoms with van der Waals surface area (Å²) < 4.78 is 11.0. The third kappa shape index (κ3) is 8.22. The Morgan fingerprint density at radius 3 is 2.70 bits per heavy atom. The minimum Gasteiger partial charge on any atom is -0.494 e. The van der Waals surface area contributed by atoms with E-state index in [0.717, 1.165) is 62.8 Å². The molecule has 1 N–H and O–H groups in total. The Bertz CT molecular complexity index is 661. The number of nitrogens with one attached hydrogen (secondary N) is 1. The number of ether oxygens (including phenoxy) is 2. The Hall–Kier alpha value is -2.28. The summed E-state index contributed by atoms with van der Waals surface area (Å²) in [7, 11) is 4.13. The summed E-state index contributed by atoms with van der Waals surface area (Å²) in [6.07, 6.45) is 2.85. The summed E-state index contributed by atoms with van der Waals surface area (Å²) in [5.41, 5.74) is 1.13. The molecule has 1 aromatic rings. The third-order valence-electron chi connectivity index (χ3n) is 5.03. The molecule has 1 aliphatic heterocycles. The van der Waals surface area contributed by atoms with Gasteiger partial charge in [-0.05, 0) is 64.9 Å². The number of carbonyl (C=O) groups excluding carboxylic acids is 1. The number of rotatable bonds is 10. The average molecular weight is 419 g/mol. The summed E-state index contributed by atoms with van der Waals surface area (Å²) in [5.74, 6) is 1.57.